The average Bonchev–Trinajstić information content (AvgIpc) is 2.61. The first kappa shape index (κ1) is 14.6. The molecule has 23 heavy (non-hydrogen) atoms. The third-order valence-electron chi connectivity index (χ3n) is 3.47. The quantitative estimate of drug-likeness (QED) is 0.710. The molecule has 0 aliphatic rings. The van der Waals surface area contributed by atoms with Crippen molar-refractivity contribution in [2.45, 2.75) is 0 Å². The molecule has 0 atom stereocenters. The van der Waals surface area contributed by atoms with Crippen LogP contribution in [0.4, 0.5) is 0 Å². The highest BCUT2D eigenvalue weighted by Gasteiger charge is 2.14. The lowest BCUT2D eigenvalue weighted by Gasteiger charge is -2.09. The number of benzene rings is 3. The Morgan fingerprint density at radius 3 is 2.04 bits per heavy atom. The predicted molar refractivity (Wildman–Crippen MR) is 91.3 cm³/mol. The van der Waals surface area contributed by atoms with Crippen LogP contribution < -0.4 is 0 Å². The first-order valence-electron chi connectivity index (χ1n) is 7.24. The lowest BCUT2D eigenvalue weighted by molar-refractivity contribution is 0.0697. The van der Waals surface area contributed by atoms with Gasteiger partial charge >= 0.3 is 5.97 Å². The van der Waals surface area contributed by atoms with Crippen molar-refractivity contribution in [2.75, 3.05) is 0 Å². The van der Waals surface area contributed by atoms with Crippen molar-refractivity contribution in [3.63, 3.8) is 0 Å². The van der Waals surface area contributed by atoms with Gasteiger partial charge in [-0.05, 0) is 29.8 Å². The van der Waals surface area contributed by atoms with Crippen molar-refractivity contribution in [2.24, 2.45) is 0 Å². The van der Waals surface area contributed by atoms with Crippen LogP contribution in [0.5, 0.6) is 0 Å². The lowest BCUT2D eigenvalue weighted by Crippen LogP contribution is -2.01. The van der Waals surface area contributed by atoms with Crippen LogP contribution >= 0.6 is 0 Å². The molecule has 0 fully saturated rings. The number of hydrogen-bond donors (Lipinski definition) is 1. The molecule has 0 radical (unpaired) electrons. The fourth-order valence-corrected chi connectivity index (χ4v) is 2.41. The van der Waals surface area contributed by atoms with Gasteiger partial charge in [-0.25, -0.2) is 4.79 Å². The Hall–Kier alpha value is -3.31. The molecule has 1 N–H and O–H groups in total. The van der Waals surface area contributed by atoms with E-state index in [0.29, 0.717) is 11.1 Å². The third kappa shape index (κ3) is 3.30. The molecule has 0 spiro atoms. The maximum absolute atomic E-state index is 11.6. The second-order valence-electron chi connectivity index (χ2n) is 5.02. The fourth-order valence-electron chi connectivity index (χ4n) is 2.41. The van der Waals surface area contributed by atoms with Gasteiger partial charge in [-0.2, -0.15) is 0 Å². The summed E-state index contributed by atoms with van der Waals surface area (Å²) in [4.78, 5) is 11.6. The van der Waals surface area contributed by atoms with Crippen molar-refractivity contribution in [1.82, 2.24) is 0 Å². The zero-order chi connectivity index (χ0) is 16.1. The SMILES string of the molecule is O=C(O)c1cccc(C#Cc2ccccc2)c1-c1ccccc1. The van der Waals surface area contributed by atoms with Crippen LogP contribution in [0, 0.1) is 11.8 Å². The van der Waals surface area contributed by atoms with Crippen molar-refractivity contribution >= 4 is 5.97 Å². The van der Waals surface area contributed by atoms with Gasteiger partial charge in [0.1, 0.15) is 0 Å². The van der Waals surface area contributed by atoms with Gasteiger partial charge in [0.15, 0.2) is 0 Å². The van der Waals surface area contributed by atoms with Crippen molar-refractivity contribution in [1.29, 1.82) is 0 Å². The molecule has 0 aromatic heterocycles. The number of hydrogen-bond acceptors (Lipinski definition) is 1. The maximum atomic E-state index is 11.6. The molecule has 0 heterocycles. The number of carbonyl (C=O) groups is 1. The average molecular weight is 298 g/mol. The Kier molecular flexibility index (Phi) is 4.22. The van der Waals surface area contributed by atoms with Crippen LogP contribution in [0.2, 0.25) is 0 Å². The van der Waals surface area contributed by atoms with Gasteiger partial charge in [0.2, 0.25) is 0 Å². The van der Waals surface area contributed by atoms with Crippen LogP contribution in [0.1, 0.15) is 21.5 Å². The minimum absolute atomic E-state index is 0.260. The zero-order valence-corrected chi connectivity index (χ0v) is 12.4. The van der Waals surface area contributed by atoms with E-state index in [0.717, 1.165) is 11.1 Å². The van der Waals surface area contributed by atoms with E-state index < -0.39 is 5.97 Å². The molecule has 0 saturated carbocycles. The molecular formula is C21H14O2. The summed E-state index contributed by atoms with van der Waals surface area (Å²) < 4.78 is 0. The second kappa shape index (κ2) is 6.64. The summed E-state index contributed by atoms with van der Waals surface area (Å²) in [7, 11) is 0. The Morgan fingerprint density at radius 1 is 0.739 bits per heavy atom. The summed E-state index contributed by atoms with van der Waals surface area (Å²) in [6.07, 6.45) is 0. The maximum Gasteiger partial charge on any atom is 0.336 e. The van der Waals surface area contributed by atoms with Crippen molar-refractivity contribution in [3.05, 3.63) is 95.6 Å². The van der Waals surface area contributed by atoms with E-state index in [2.05, 4.69) is 11.8 Å². The minimum atomic E-state index is -0.952. The molecular weight excluding hydrogens is 284 g/mol. The topological polar surface area (TPSA) is 37.3 Å². The Bertz CT molecular complexity index is 885. The predicted octanol–water partition coefficient (Wildman–Crippen LogP) is 4.45. The van der Waals surface area contributed by atoms with E-state index in [1.54, 1.807) is 12.1 Å². The van der Waals surface area contributed by atoms with E-state index in [9.17, 15) is 9.90 Å². The van der Waals surface area contributed by atoms with E-state index in [-0.39, 0.29) is 5.56 Å². The van der Waals surface area contributed by atoms with Gasteiger partial charge in [0.05, 0.1) is 5.56 Å². The first-order valence-corrected chi connectivity index (χ1v) is 7.24. The third-order valence-corrected chi connectivity index (χ3v) is 3.47. The molecule has 0 saturated heterocycles. The Labute approximate surface area is 135 Å². The summed E-state index contributed by atoms with van der Waals surface area (Å²) in [6.45, 7) is 0. The van der Waals surface area contributed by atoms with Gasteiger partial charge in [-0.1, -0.05) is 66.4 Å². The first-order chi connectivity index (χ1) is 11.3. The smallest absolute Gasteiger partial charge is 0.336 e. The molecule has 0 amide bonds. The molecule has 3 aromatic carbocycles. The standard InChI is InChI=1S/C21H14O2/c22-21(23)19-13-7-12-18(15-14-16-8-3-1-4-9-16)20(19)17-10-5-2-6-11-17/h1-13H,(H,22,23). The molecule has 0 aliphatic heterocycles. The fraction of sp³-hybridized carbons (Fsp3) is 0. The molecule has 110 valence electrons. The van der Waals surface area contributed by atoms with Crippen LogP contribution in [-0.2, 0) is 0 Å². The van der Waals surface area contributed by atoms with E-state index in [1.165, 1.54) is 0 Å². The summed E-state index contributed by atoms with van der Waals surface area (Å²) in [6, 6.07) is 24.3. The highest BCUT2D eigenvalue weighted by molar-refractivity contribution is 5.97. The van der Waals surface area contributed by atoms with Gasteiger partial charge < -0.3 is 5.11 Å². The van der Waals surface area contributed by atoms with Gasteiger partial charge in [-0.15, -0.1) is 0 Å². The van der Waals surface area contributed by atoms with E-state index in [4.69, 9.17) is 0 Å². The molecule has 3 aromatic rings. The van der Waals surface area contributed by atoms with Crippen LogP contribution in [-0.4, -0.2) is 11.1 Å². The lowest BCUT2D eigenvalue weighted by atomic mass is 9.94. The summed E-state index contributed by atoms with van der Waals surface area (Å²) in [5, 5.41) is 9.49. The molecule has 0 unspecified atom stereocenters. The van der Waals surface area contributed by atoms with Gasteiger partial charge in [0.25, 0.3) is 0 Å². The van der Waals surface area contributed by atoms with Crippen LogP contribution in [0.15, 0.2) is 78.9 Å². The highest BCUT2D eigenvalue weighted by Crippen LogP contribution is 2.27. The number of carboxylic acids is 1. The van der Waals surface area contributed by atoms with Gasteiger partial charge in [0, 0.05) is 16.7 Å². The van der Waals surface area contributed by atoms with E-state index >= 15 is 0 Å². The number of aromatic carboxylic acids is 1. The molecule has 0 aliphatic carbocycles. The Morgan fingerprint density at radius 2 is 1.39 bits per heavy atom. The zero-order valence-electron chi connectivity index (χ0n) is 12.4. The number of carboxylic acid groups (broad SMARTS) is 1. The largest absolute Gasteiger partial charge is 0.478 e. The van der Waals surface area contributed by atoms with Crippen molar-refractivity contribution < 1.29 is 9.90 Å². The highest BCUT2D eigenvalue weighted by atomic mass is 16.4. The monoisotopic (exact) mass is 298 g/mol. The van der Waals surface area contributed by atoms with Crippen molar-refractivity contribution in [3.8, 4) is 23.0 Å². The summed E-state index contributed by atoms with van der Waals surface area (Å²) in [5.41, 5.74) is 3.37. The van der Waals surface area contributed by atoms with Gasteiger partial charge in [-0.3, -0.25) is 0 Å². The molecule has 2 nitrogen and oxygen atoms in total. The summed E-state index contributed by atoms with van der Waals surface area (Å²) >= 11 is 0. The minimum Gasteiger partial charge on any atom is -0.478 e. The molecule has 0 bridgehead atoms. The normalized spacial score (nSPS) is 9.74. The molecule has 3 rings (SSSR count). The van der Waals surface area contributed by atoms with E-state index in [1.807, 2.05) is 66.7 Å². The second-order valence-corrected chi connectivity index (χ2v) is 5.02. The summed E-state index contributed by atoms with van der Waals surface area (Å²) in [5.74, 6) is 5.25. The van der Waals surface area contributed by atoms with Crippen LogP contribution in [0.3, 0.4) is 0 Å². The molecule has 2 heteroatoms. The number of rotatable bonds is 2. The Balaban J connectivity index is 2.16. The van der Waals surface area contributed by atoms with Crippen LogP contribution in [0.25, 0.3) is 11.1 Å².